The number of hydrogen-bond acceptors (Lipinski definition) is 2. The molecule has 1 unspecified atom stereocenters. The monoisotopic (exact) mass is 267 g/mol. The second-order valence-corrected chi connectivity index (χ2v) is 5.69. The van der Waals surface area contributed by atoms with Crippen LogP contribution in [0.2, 0.25) is 0 Å². The van der Waals surface area contributed by atoms with Crippen molar-refractivity contribution >= 4 is 5.69 Å². The van der Waals surface area contributed by atoms with Crippen LogP contribution in [0.5, 0.6) is 0 Å². The molecule has 0 amide bonds. The highest BCUT2D eigenvalue weighted by Crippen LogP contribution is 2.40. The van der Waals surface area contributed by atoms with Gasteiger partial charge in [-0.15, -0.1) is 0 Å². The smallest absolute Gasteiger partial charge is 0.0745 e. The third kappa shape index (κ3) is 3.02. The van der Waals surface area contributed by atoms with E-state index in [-0.39, 0.29) is 12.6 Å². The summed E-state index contributed by atoms with van der Waals surface area (Å²) in [5, 5.41) is 13.0. The summed E-state index contributed by atoms with van der Waals surface area (Å²) in [6, 6.07) is 16.9. The molecule has 2 aromatic rings. The van der Waals surface area contributed by atoms with Gasteiger partial charge in [-0.3, -0.25) is 0 Å². The molecule has 2 N–H and O–H groups in total. The number of nitrogens with one attached hydrogen (secondary N) is 1. The first-order chi connectivity index (χ1) is 9.76. The first kappa shape index (κ1) is 13.2. The van der Waals surface area contributed by atoms with Gasteiger partial charge in [-0.2, -0.15) is 0 Å². The highest BCUT2D eigenvalue weighted by molar-refractivity contribution is 5.47. The number of aliphatic hydroxyl groups is 1. The lowest BCUT2D eigenvalue weighted by Gasteiger charge is -2.18. The fourth-order valence-electron chi connectivity index (χ4n) is 2.50. The van der Waals surface area contributed by atoms with Crippen molar-refractivity contribution in [2.75, 3.05) is 11.9 Å². The molecular weight excluding hydrogens is 246 g/mol. The number of hydrogen-bond donors (Lipinski definition) is 2. The summed E-state index contributed by atoms with van der Waals surface area (Å²) in [6.45, 7) is 2.17. The fourth-order valence-corrected chi connectivity index (χ4v) is 2.50. The van der Waals surface area contributed by atoms with Crippen LogP contribution in [-0.2, 0) is 0 Å². The number of anilines is 1. The maximum absolute atomic E-state index is 9.62. The summed E-state index contributed by atoms with van der Waals surface area (Å²) < 4.78 is 0. The molecule has 1 saturated carbocycles. The summed E-state index contributed by atoms with van der Waals surface area (Å²) in [6.07, 6.45) is 2.65. The lowest BCUT2D eigenvalue weighted by Crippen LogP contribution is -2.14. The Kier molecular flexibility index (Phi) is 3.75. The summed E-state index contributed by atoms with van der Waals surface area (Å²) >= 11 is 0. The van der Waals surface area contributed by atoms with E-state index in [0.717, 1.165) is 17.2 Å². The Morgan fingerprint density at radius 2 is 1.70 bits per heavy atom. The Bertz CT molecular complexity index is 555. The fraction of sp³-hybridized carbons (Fsp3) is 0.333. The molecule has 0 saturated heterocycles. The molecule has 1 atom stereocenters. The molecule has 2 nitrogen and oxygen atoms in total. The average molecular weight is 267 g/mol. The lowest BCUT2D eigenvalue weighted by molar-refractivity contribution is 0.276. The van der Waals surface area contributed by atoms with Crippen LogP contribution in [0.15, 0.2) is 48.5 Å². The Morgan fingerprint density at radius 3 is 2.25 bits per heavy atom. The van der Waals surface area contributed by atoms with Crippen LogP contribution in [0.25, 0.3) is 0 Å². The third-order valence-corrected chi connectivity index (χ3v) is 3.96. The van der Waals surface area contributed by atoms with Crippen molar-refractivity contribution in [1.29, 1.82) is 0 Å². The minimum Gasteiger partial charge on any atom is -0.394 e. The molecule has 2 aromatic carbocycles. The van der Waals surface area contributed by atoms with Crippen molar-refractivity contribution in [3.8, 4) is 0 Å². The topological polar surface area (TPSA) is 32.3 Å². The number of rotatable bonds is 5. The van der Waals surface area contributed by atoms with Crippen LogP contribution in [0.4, 0.5) is 5.69 Å². The van der Waals surface area contributed by atoms with E-state index in [4.69, 9.17) is 0 Å². The van der Waals surface area contributed by atoms with E-state index in [1.165, 1.54) is 24.0 Å². The quantitative estimate of drug-likeness (QED) is 0.857. The molecule has 20 heavy (non-hydrogen) atoms. The van der Waals surface area contributed by atoms with Crippen LogP contribution in [0.3, 0.4) is 0 Å². The summed E-state index contributed by atoms with van der Waals surface area (Å²) in [7, 11) is 0. The standard InChI is InChI=1S/C18H21NO/c1-13-2-10-17(11-3-13)19-18(12-20)16-8-6-15(7-9-16)14-4-5-14/h2-3,6-11,14,18-20H,4-5,12H2,1H3. The highest BCUT2D eigenvalue weighted by Gasteiger charge is 2.23. The molecule has 0 bridgehead atoms. The van der Waals surface area contributed by atoms with Gasteiger partial charge in [0.05, 0.1) is 12.6 Å². The largest absolute Gasteiger partial charge is 0.394 e. The van der Waals surface area contributed by atoms with Crippen LogP contribution in [-0.4, -0.2) is 11.7 Å². The van der Waals surface area contributed by atoms with E-state index in [0.29, 0.717) is 0 Å². The van der Waals surface area contributed by atoms with Crippen LogP contribution < -0.4 is 5.32 Å². The van der Waals surface area contributed by atoms with Crippen molar-refractivity contribution < 1.29 is 5.11 Å². The van der Waals surface area contributed by atoms with Crippen LogP contribution in [0, 0.1) is 6.92 Å². The molecule has 2 heteroatoms. The Labute approximate surface area is 120 Å². The van der Waals surface area contributed by atoms with Gasteiger partial charge in [-0.25, -0.2) is 0 Å². The van der Waals surface area contributed by atoms with Gasteiger partial charge < -0.3 is 10.4 Å². The highest BCUT2D eigenvalue weighted by atomic mass is 16.3. The van der Waals surface area contributed by atoms with Gasteiger partial charge >= 0.3 is 0 Å². The zero-order valence-corrected chi connectivity index (χ0v) is 11.8. The molecule has 1 aliphatic rings. The third-order valence-electron chi connectivity index (χ3n) is 3.96. The van der Waals surface area contributed by atoms with Gasteiger partial charge in [-0.05, 0) is 48.9 Å². The van der Waals surface area contributed by atoms with Crippen molar-refractivity contribution in [1.82, 2.24) is 0 Å². The van der Waals surface area contributed by atoms with Gasteiger partial charge in [0.25, 0.3) is 0 Å². The van der Waals surface area contributed by atoms with E-state index < -0.39 is 0 Å². The Morgan fingerprint density at radius 1 is 1.05 bits per heavy atom. The van der Waals surface area contributed by atoms with E-state index in [9.17, 15) is 5.11 Å². The molecular formula is C18H21NO. The molecule has 0 aliphatic heterocycles. The summed E-state index contributed by atoms with van der Waals surface area (Å²) in [5.41, 5.74) is 4.85. The number of benzene rings is 2. The zero-order chi connectivity index (χ0) is 13.9. The van der Waals surface area contributed by atoms with E-state index in [2.05, 4.69) is 60.8 Å². The van der Waals surface area contributed by atoms with Gasteiger partial charge in [0.15, 0.2) is 0 Å². The van der Waals surface area contributed by atoms with E-state index in [1.54, 1.807) is 0 Å². The molecule has 0 aromatic heterocycles. The zero-order valence-electron chi connectivity index (χ0n) is 11.8. The maximum Gasteiger partial charge on any atom is 0.0745 e. The van der Waals surface area contributed by atoms with E-state index in [1.807, 2.05) is 0 Å². The molecule has 0 heterocycles. The SMILES string of the molecule is Cc1ccc(NC(CO)c2ccc(C3CC3)cc2)cc1. The van der Waals surface area contributed by atoms with Crippen LogP contribution in [0.1, 0.15) is 41.5 Å². The molecule has 0 radical (unpaired) electrons. The maximum atomic E-state index is 9.62. The molecule has 1 aliphatic carbocycles. The van der Waals surface area contributed by atoms with Crippen molar-refractivity contribution in [2.24, 2.45) is 0 Å². The lowest BCUT2D eigenvalue weighted by atomic mass is 10.0. The molecule has 0 spiro atoms. The van der Waals surface area contributed by atoms with Gasteiger partial charge in [0.2, 0.25) is 0 Å². The van der Waals surface area contributed by atoms with Crippen molar-refractivity contribution in [3.05, 3.63) is 65.2 Å². The normalized spacial score (nSPS) is 15.9. The molecule has 1 fully saturated rings. The van der Waals surface area contributed by atoms with Crippen LogP contribution >= 0.6 is 0 Å². The van der Waals surface area contributed by atoms with Gasteiger partial charge in [0, 0.05) is 5.69 Å². The average Bonchev–Trinajstić information content (AvgIpc) is 3.32. The summed E-state index contributed by atoms with van der Waals surface area (Å²) in [5.74, 6) is 0.779. The number of aryl methyl sites for hydroxylation is 1. The van der Waals surface area contributed by atoms with Gasteiger partial charge in [-0.1, -0.05) is 42.0 Å². The van der Waals surface area contributed by atoms with Gasteiger partial charge in [0.1, 0.15) is 0 Å². The summed E-state index contributed by atoms with van der Waals surface area (Å²) in [4.78, 5) is 0. The van der Waals surface area contributed by atoms with Crippen molar-refractivity contribution in [3.63, 3.8) is 0 Å². The minimum absolute atomic E-state index is 0.0500. The predicted molar refractivity (Wildman–Crippen MR) is 83.0 cm³/mol. The first-order valence-electron chi connectivity index (χ1n) is 7.30. The van der Waals surface area contributed by atoms with Crippen molar-refractivity contribution in [2.45, 2.75) is 31.7 Å². The molecule has 3 rings (SSSR count). The predicted octanol–water partition coefficient (Wildman–Crippen LogP) is 4.02. The number of aliphatic hydroxyl groups excluding tert-OH is 1. The minimum atomic E-state index is -0.0500. The van der Waals surface area contributed by atoms with E-state index >= 15 is 0 Å². The second kappa shape index (κ2) is 5.68. The second-order valence-electron chi connectivity index (χ2n) is 5.69. The Hall–Kier alpha value is -1.80. The Balaban J connectivity index is 1.73. The first-order valence-corrected chi connectivity index (χ1v) is 7.30. The molecule has 104 valence electrons.